The van der Waals surface area contributed by atoms with E-state index in [2.05, 4.69) is 9.84 Å². The lowest BCUT2D eigenvalue weighted by Gasteiger charge is -2.13. The summed E-state index contributed by atoms with van der Waals surface area (Å²) in [4.78, 5) is 23.8. The van der Waals surface area contributed by atoms with E-state index in [0.717, 1.165) is 10.8 Å². The van der Waals surface area contributed by atoms with Crippen LogP contribution in [0.25, 0.3) is 11.4 Å². The number of ether oxygens (including phenoxy) is 1. The predicted octanol–water partition coefficient (Wildman–Crippen LogP) is 4.01. The Bertz CT molecular complexity index is 1120. The summed E-state index contributed by atoms with van der Waals surface area (Å²) in [5.74, 6) is -2.30. The highest BCUT2D eigenvalue weighted by atomic mass is 35.5. The number of carbonyl (C=O) groups is 1. The molecule has 0 atom stereocenters. The molecule has 3 aromatic rings. The fourth-order valence-corrected chi connectivity index (χ4v) is 2.76. The van der Waals surface area contributed by atoms with E-state index in [0.29, 0.717) is 4.68 Å². The van der Waals surface area contributed by atoms with E-state index >= 15 is 0 Å². The van der Waals surface area contributed by atoms with Gasteiger partial charge in [0.05, 0.1) is 23.5 Å². The second kappa shape index (κ2) is 7.70. The molecule has 0 fully saturated rings. The third-order valence-corrected chi connectivity index (χ3v) is 4.18. The lowest BCUT2D eigenvalue weighted by Crippen LogP contribution is -2.21. The second-order valence-corrected chi connectivity index (χ2v) is 6.11. The number of benzene rings is 1. The Kier molecular flexibility index (Phi) is 5.47. The molecule has 1 aromatic carbocycles. The van der Waals surface area contributed by atoms with Crippen LogP contribution < -0.4 is 5.56 Å². The normalized spacial score (nSPS) is 11.5. The lowest BCUT2D eigenvalue weighted by atomic mass is 10.2. The Morgan fingerprint density at radius 3 is 2.38 bits per heavy atom. The van der Waals surface area contributed by atoms with Crippen molar-refractivity contribution < 1.29 is 27.1 Å². The predicted molar refractivity (Wildman–Crippen MR) is 95.1 cm³/mol. The van der Waals surface area contributed by atoms with Gasteiger partial charge < -0.3 is 4.74 Å². The molecule has 152 valence electrons. The van der Waals surface area contributed by atoms with Gasteiger partial charge in [-0.2, -0.15) is 22.7 Å². The van der Waals surface area contributed by atoms with Crippen LogP contribution in [0.3, 0.4) is 0 Å². The summed E-state index contributed by atoms with van der Waals surface area (Å²) in [6.07, 6.45) is -2.88. The summed E-state index contributed by atoms with van der Waals surface area (Å²) in [7, 11) is 0. The van der Waals surface area contributed by atoms with Crippen LogP contribution in [0.1, 0.15) is 23.0 Å². The largest absolute Gasteiger partial charge is 0.462 e. The maximum Gasteiger partial charge on any atom is 0.434 e. The quantitative estimate of drug-likeness (QED) is 0.464. The fraction of sp³-hybridized carbons (Fsp3) is 0.167. The second-order valence-electron chi connectivity index (χ2n) is 5.71. The molecular formula is C18H12ClF4N3O3. The zero-order valence-electron chi connectivity index (χ0n) is 14.7. The Balaban J connectivity index is 2.06. The maximum absolute atomic E-state index is 13.7. The summed E-state index contributed by atoms with van der Waals surface area (Å²) in [6, 6.07) is 6.26. The first-order chi connectivity index (χ1) is 13.6. The van der Waals surface area contributed by atoms with Crippen molar-refractivity contribution in [1.82, 2.24) is 14.3 Å². The van der Waals surface area contributed by atoms with Crippen molar-refractivity contribution in [1.29, 1.82) is 0 Å². The molecule has 0 aliphatic rings. The van der Waals surface area contributed by atoms with Gasteiger partial charge in [-0.25, -0.2) is 9.48 Å². The molecule has 0 saturated heterocycles. The highest BCUT2D eigenvalue weighted by Crippen LogP contribution is 2.34. The number of carbonyl (C=O) groups excluding carboxylic acids is 1. The molecule has 0 spiro atoms. The number of alkyl halides is 3. The first-order valence-corrected chi connectivity index (χ1v) is 8.52. The molecule has 11 heteroatoms. The standard InChI is InChI=1S/C18H12ClF4N3O3/c1-2-29-17(28)12-9-24-26(15(12)18(21,22)23)11-5-3-10(4-6-11)25-8-7-13(19)14(20)16(25)27/h3-9H,2H2,1H3. The van der Waals surface area contributed by atoms with E-state index in [-0.39, 0.29) is 23.0 Å². The van der Waals surface area contributed by atoms with Gasteiger partial charge in [-0.1, -0.05) is 11.6 Å². The van der Waals surface area contributed by atoms with E-state index in [1.807, 2.05) is 0 Å². The molecule has 0 aliphatic carbocycles. The molecule has 0 amide bonds. The number of esters is 1. The SMILES string of the molecule is CCOC(=O)c1cnn(-c2ccc(-n3ccc(Cl)c(F)c3=O)cc2)c1C(F)(F)F. The highest BCUT2D eigenvalue weighted by molar-refractivity contribution is 6.30. The first kappa shape index (κ1) is 20.6. The number of hydrogen-bond donors (Lipinski definition) is 0. The average molecular weight is 430 g/mol. The molecule has 2 heterocycles. The molecule has 0 saturated carbocycles. The summed E-state index contributed by atoms with van der Waals surface area (Å²) >= 11 is 5.54. The van der Waals surface area contributed by atoms with Gasteiger partial charge in [-0.05, 0) is 37.3 Å². The van der Waals surface area contributed by atoms with Crippen molar-refractivity contribution in [2.75, 3.05) is 6.61 Å². The molecule has 3 rings (SSSR count). The Hall–Kier alpha value is -3.14. The van der Waals surface area contributed by atoms with Gasteiger partial charge in [0.2, 0.25) is 5.82 Å². The Morgan fingerprint density at radius 2 is 1.79 bits per heavy atom. The number of pyridine rings is 1. The van der Waals surface area contributed by atoms with Crippen LogP contribution in [0.15, 0.2) is 47.5 Å². The van der Waals surface area contributed by atoms with Gasteiger partial charge in [-0.3, -0.25) is 9.36 Å². The molecule has 0 aliphatic heterocycles. The maximum atomic E-state index is 13.7. The minimum Gasteiger partial charge on any atom is -0.462 e. The molecule has 29 heavy (non-hydrogen) atoms. The van der Waals surface area contributed by atoms with E-state index < -0.39 is 34.8 Å². The van der Waals surface area contributed by atoms with Gasteiger partial charge in [0, 0.05) is 11.9 Å². The Labute approximate surface area is 165 Å². The number of nitrogens with zero attached hydrogens (tertiary/aromatic N) is 3. The van der Waals surface area contributed by atoms with Gasteiger partial charge in [0.15, 0.2) is 5.69 Å². The summed E-state index contributed by atoms with van der Waals surface area (Å²) < 4.78 is 60.5. The first-order valence-electron chi connectivity index (χ1n) is 8.15. The summed E-state index contributed by atoms with van der Waals surface area (Å²) in [5.41, 5.74) is -2.86. The van der Waals surface area contributed by atoms with Gasteiger partial charge >= 0.3 is 12.1 Å². The molecule has 2 aromatic heterocycles. The number of aromatic nitrogens is 3. The number of hydrogen-bond acceptors (Lipinski definition) is 4. The summed E-state index contributed by atoms with van der Waals surface area (Å²) in [5, 5.41) is 3.31. The van der Waals surface area contributed by atoms with Gasteiger partial charge in [0.1, 0.15) is 5.56 Å². The van der Waals surface area contributed by atoms with Crippen LogP contribution in [-0.2, 0) is 10.9 Å². The van der Waals surface area contributed by atoms with Crippen LogP contribution in [0.2, 0.25) is 5.02 Å². The topological polar surface area (TPSA) is 66.1 Å². The molecular weight excluding hydrogens is 418 g/mol. The molecule has 0 unspecified atom stereocenters. The van der Waals surface area contributed by atoms with Crippen molar-refractivity contribution >= 4 is 17.6 Å². The van der Waals surface area contributed by atoms with E-state index in [9.17, 15) is 27.2 Å². The van der Waals surface area contributed by atoms with Crippen molar-refractivity contribution in [3.8, 4) is 11.4 Å². The number of rotatable bonds is 4. The van der Waals surface area contributed by atoms with Crippen LogP contribution in [0.4, 0.5) is 17.6 Å². The molecule has 6 nitrogen and oxygen atoms in total. The monoisotopic (exact) mass is 429 g/mol. The van der Waals surface area contributed by atoms with E-state index in [1.165, 1.54) is 43.5 Å². The number of halogens is 5. The van der Waals surface area contributed by atoms with Gasteiger partial charge in [-0.15, -0.1) is 0 Å². The molecule has 0 bridgehead atoms. The fourth-order valence-electron chi connectivity index (χ4n) is 2.62. The highest BCUT2D eigenvalue weighted by Gasteiger charge is 2.41. The van der Waals surface area contributed by atoms with Crippen LogP contribution in [-0.4, -0.2) is 26.9 Å². The minimum atomic E-state index is -4.88. The zero-order chi connectivity index (χ0) is 21.3. The van der Waals surface area contributed by atoms with Crippen molar-refractivity contribution in [2.24, 2.45) is 0 Å². The van der Waals surface area contributed by atoms with Crippen LogP contribution >= 0.6 is 11.6 Å². The minimum absolute atomic E-state index is 0.0286. The van der Waals surface area contributed by atoms with Crippen molar-refractivity contribution in [3.63, 3.8) is 0 Å². The van der Waals surface area contributed by atoms with Crippen molar-refractivity contribution in [3.05, 3.63) is 75.2 Å². The zero-order valence-corrected chi connectivity index (χ0v) is 15.5. The summed E-state index contributed by atoms with van der Waals surface area (Å²) in [6.45, 7) is 1.37. The van der Waals surface area contributed by atoms with Crippen LogP contribution in [0, 0.1) is 5.82 Å². The molecule has 0 radical (unpaired) electrons. The van der Waals surface area contributed by atoms with Crippen LogP contribution in [0.5, 0.6) is 0 Å². The van der Waals surface area contributed by atoms with Gasteiger partial charge in [0.25, 0.3) is 5.56 Å². The Morgan fingerprint density at radius 1 is 1.17 bits per heavy atom. The smallest absolute Gasteiger partial charge is 0.434 e. The molecule has 0 N–H and O–H groups in total. The van der Waals surface area contributed by atoms with E-state index in [4.69, 9.17) is 11.6 Å². The third kappa shape index (κ3) is 3.88. The van der Waals surface area contributed by atoms with Crippen molar-refractivity contribution in [2.45, 2.75) is 13.1 Å². The lowest BCUT2D eigenvalue weighted by molar-refractivity contribution is -0.143. The third-order valence-electron chi connectivity index (χ3n) is 3.89. The average Bonchev–Trinajstić information content (AvgIpc) is 3.12. The van der Waals surface area contributed by atoms with E-state index in [1.54, 1.807) is 0 Å².